The van der Waals surface area contributed by atoms with Gasteiger partial charge in [-0.1, -0.05) is 48.1 Å². The van der Waals surface area contributed by atoms with Crippen molar-refractivity contribution in [3.63, 3.8) is 0 Å². The van der Waals surface area contributed by atoms with Crippen LogP contribution >= 0.6 is 23.4 Å². The minimum atomic E-state index is 0.348. The topological polar surface area (TPSA) is 48.8 Å². The summed E-state index contributed by atoms with van der Waals surface area (Å²) in [6, 6.07) is 0. The fourth-order valence-corrected chi connectivity index (χ4v) is 1.56. The van der Waals surface area contributed by atoms with Gasteiger partial charge in [0.15, 0.2) is 0 Å². The fraction of sp³-hybridized carbons (Fsp3) is 0.429. The number of allylic oxidation sites excluding steroid dienone is 1. The molecule has 0 saturated heterocycles. The smallest absolute Gasteiger partial charge is 0.0707 e. The van der Waals surface area contributed by atoms with Crippen LogP contribution in [0.2, 0.25) is 0 Å². The van der Waals surface area contributed by atoms with Gasteiger partial charge in [0.25, 0.3) is 0 Å². The van der Waals surface area contributed by atoms with Crippen molar-refractivity contribution in [2.45, 2.75) is 13.3 Å². The average molecular weight is 204 g/mol. The van der Waals surface area contributed by atoms with E-state index in [9.17, 15) is 0 Å². The first-order valence-electron chi connectivity index (χ1n) is 3.42. The molecule has 0 rings (SSSR count). The fourth-order valence-electron chi connectivity index (χ4n) is 0.610. The number of rotatable bonds is 5. The molecule has 0 fully saturated rings. The number of thioether (sulfide) groups is 1. The Kier molecular flexibility index (Phi) is 6.76. The normalized spacial score (nSPS) is 10.7. The molecular weight excluding hydrogens is 194 g/mol. The maximum Gasteiger partial charge on any atom is 0.0707 e. The van der Waals surface area contributed by atoms with Crippen molar-refractivity contribution in [3.05, 3.63) is 32.4 Å². The minimum Gasteiger partial charge on any atom is -0.0887 e. The lowest BCUT2D eigenvalue weighted by molar-refractivity contribution is 1.14. The summed E-state index contributed by atoms with van der Waals surface area (Å²) in [4.78, 5) is 3.60. The summed E-state index contributed by atoms with van der Waals surface area (Å²) in [5, 5.41) is 3.44. The molecule has 0 amide bonds. The molecule has 0 aromatic heterocycles. The quantitative estimate of drug-likeness (QED) is 0.378. The zero-order chi connectivity index (χ0) is 9.40. The second-order valence-corrected chi connectivity index (χ2v) is 3.83. The molecule has 0 aromatic rings. The molecule has 0 aliphatic rings. The van der Waals surface area contributed by atoms with Crippen molar-refractivity contribution in [3.8, 4) is 0 Å². The minimum absolute atomic E-state index is 0.348. The highest BCUT2D eigenvalue weighted by Crippen LogP contribution is 2.27. The van der Waals surface area contributed by atoms with E-state index in [0.29, 0.717) is 10.9 Å². The molecule has 0 N–H and O–H groups in total. The monoisotopic (exact) mass is 203 g/mol. The Hall–Kier alpha value is -0.570. The maximum atomic E-state index is 8.08. The third-order valence-electron chi connectivity index (χ3n) is 0.963. The molecule has 0 aliphatic carbocycles. The molecular formula is C7H10ClN3S. The molecule has 0 radical (unpaired) electrons. The number of nitrogens with zero attached hydrogens (tertiary/aromatic N) is 3. The Labute approximate surface area is 81.1 Å². The Balaban J connectivity index is 4.13. The van der Waals surface area contributed by atoms with E-state index in [0.717, 1.165) is 11.3 Å². The SMILES string of the molecule is C=C(Cl)S/C(=C\CC)CN=[N+]=[N-]. The zero-order valence-electron chi connectivity index (χ0n) is 6.83. The van der Waals surface area contributed by atoms with Crippen molar-refractivity contribution >= 4 is 23.4 Å². The summed E-state index contributed by atoms with van der Waals surface area (Å²) in [5.74, 6) is 0. The van der Waals surface area contributed by atoms with Gasteiger partial charge in [-0.3, -0.25) is 0 Å². The lowest BCUT2D eigenvalue weighted by atomic mass is 10.4. The van der Waals surface area contributed by atoms with Crippen LogP contribution in [0.15, 0.2) is 27.0 Å². The summed E-state index contributed by atoms with van der Waals surface area (Å²) in [5.41, 5.74) is 8.08. The Bertz CT molecular complexity index is 225. The largest absolute Gasteiger partial charge is 0.0887 e. The van der Waals surface area contributed by atoms with Crippen molar-refractivity contribution < 1.29 is 0 Å². The summed E-state index contributed by atoms with van der Waals surface area (Å²) in [6.07, 6.45) is 2.86. The molecule has 0 saturated carbocycles. The molecule has 12 heavy (non-hydrogen) atoms. The second kappa shape index (κ2) is 7.10. The van der Waals surface area contributed by atoms with Crippen molar-refractivity contribution in [2.75, 3.05) is 6.54 Å². The van der Waals surface area contributed by atoms with Crippen molar-refractivity contribution in [1.82, 2.24) is 0 Å². The standard InChI is InChI=1S/C7H10ClN3S/c1-3-4-7(5-10-11-9)12-6(2)8/h4H,2-3,5H2,1H3/b7-4-. The number of halogens is 1. The van der Waals surface area contributed by atoms with E-state index in [4.69, 9.17) is 17.1 Å². The lowest BCUT2D eigenvalue weighted by Crippen LogP contribution is -1.81. The predicted octanol–water partition coefficient (Wildman–Crippen LogP) is 4.03. The molecule has 0 unspecified atom stereocenters. The highest BCUT2D eigenvalue weighted by atomic mass is 35.5. The van der Waals surface area contributed by atoms with Gasteiger partial charge in [-0.2, -0.15) is 0 Å². The Morgan fingerprint density at radius 1 is 1.83 bits per heavy atom. The van der Waals surface area contributed by atoms with Gasteiger partial charge in [0.1, 0.15) is 0 Å². The van der Waals surface area contributed by atoms with Crippen molar-refractivity contribution in [2.24, 2.45) is 5.11 Å². The van der Waals surface area contributed by atoms with Crippen LogP contribution in [0.25, 0.3) is 10.4 Å². The van der Waals surface area contributed by atoms with Crippen LogP contribution in [-0.4, -0.2) is 6.54 Å². The van der Waals surface area contributed by atoms with E-state index in [2.05, 4.69) is 16.6 Å². The Morgan fingerprint density at radius 3 is 2.92 bits per heavy atom. The second-order valence-electron chi connectivity index (χ2n) is 1.92. The highest BCUT2D eigenvalue weighted by molar-refractivity contribution is 8.08. The third kappa shape index (κ3) is 6.16. The van der Waals surface area contributed by atoms with Gasteiger partial charge in [0, 0.05) is 4.91 Å². The number of azide groups is 1. The molecule has 0 heterocycles. The van der Waals surface area contributed by atoms with E-state index < -0.39 is 0 Å². The van der Waals surface area contributed by atoms with Crippen LogP contribution in [-0.2, 0) is 0 Å². The number of hydrogen-bond acceptors (Lipinski definition) is 2. The van der Waals surface area contributed by atoms with E-state index >= 15 is 0 Å². The molecule has 0 aliphatic heterocycles. The lowest BCUT2D eigenvalue weighted by Gasteiger charge is -1.99. The molecule has 66 valence electrons. The predicted molar refractivity (Wildman–Crippen MR) is 55.0 cm³/mol. The van der Waals surface area contributed by atoms with E-state index in [1.807, 2.05) is 13.0 Å². The first-order chi connectivity index (χ1) is 5.70. The highest BCUT2D eigenvalue weighted by Gasteiger charge is 1.97. The zero-order valence-corrected chi connectivity index (χ0v) is 8.40. The van der Waals surface area contributed by atoms with Gasteiger partial charge < -0.3 is 0 Å². The Morgan fingerprint density at radius 2 is 2.50 bits per heavy atom. The number of hydrogen-bond donors (Lipinski definition) is 0. The summed E-state index contributed by atoms with van der Waals surface area (Å²) in [6.45, 7) is 5.89. The van der Waals surface area contributed by atoms with E-state index in [-0.39, 0.29) is 0 Å². The summed E-state index contributed by atoms with van der Waals surface area (Å²) >= 11 is 6.91. The van der Waals surface area contributed by atoms with Crippen LogP contribution < -0.4 is 0 Å². The molecule has 3 nitrogen and oxygen atoms in total. The molecule has 0 spiro atoms. The maximum absolute atomic E-state index is 8.08. The molecule has 0 bridgehead atoms. The van der Waals surface area contributed by atoms with Crippen LogP contribution in [0.1, 0.15) is 13.3 Å². The van der Waals surface area contributed by atoms with Crippen molar-refractivity contribution in [1.29, 1.82) is 0 Å². The molecule has 0 atom stereocenters. The average Bonchev–Trinajstić information content (AvgIpc) is 2.00. The van der Waals surface area contributed by atoms with Crippen LogP contribution in [0, 0.1) is 0 Å². The molecule has 0 aromatic carbocycles. The van der Waals surface area contributed by atoms with Crippen LogP contribution in [0.5, 0.6) is 0 Å². The van der Waals surface area contributed by atoms with E-state index in [1.54, 1.807) is 0 Å². The molecule has 5 heteroatoms. The van der Waals surface area contributed by atoms with Gasteiger partial charge in [-0.05, 0) is 16.9 Å². The van der Waals surface area contributed by atoms with E-state index in [1.165, 1.54) is 11.8 Å². The first kappa shape index (κ1) is 11.4. The van der Waals surface area contributed by atoms with Gasteiger partial charge in [-0.25, -0.2) is 0 Å². The van der Waals surface area contributed by atoms with Gasteiger partial charge >= 0.3 is 0 Å². The van der Waals surface area contributed by atoms with Gasteiger partial charge in [0.05, 0.1) is 10.9 Å². The summed E-state index contributed by atoms with van der Waals surface area (Å²) in [7, 11) is 0. The van der Waals surface area contributed by atoms with Gasteiger partial charge in [0.2, 0.25) is 0 Å². The first-order valence-corrected chi connectivity index (χ1v) is 4.62. The third-order valence-corrected chi connectivity index (χ3v) is 1.97. The van der Waals surface area contributed by atoms with Crippen LogP contribution in [0.3, 0.4) is 0 Å². The summed E-state index contributed by atoms with van der Waals surface area (Å²) < 4.78 is 0.489. The van der Waals surface area contributed by atoms with Crippen LogP contribution in [0.4, 0.5) is 0 Å². The van der Waals surface area contributed by atoms with Gasteiger partial charge in [-0.15, -0.1) is 0 Å².